The molecule has 2 aromatic rings. The molecular weight excluding hydrogens is 340 g/mol. The number of benzene rings is 1. The first-order chi connectivity index (χ1) is 13.2. The van der Waals surface area contributed by atoms with Crippen molar-refractivity contribution in [1.82, 2.24) is 9.97 Å². The number of H-pyrrole nitrogens is 1. The van der Waals surface area contributed by atoms with Crippen LogP contribution in [0.25, 0.3) is 10.9 Å². The van der Waals surface area contributed by atoms with Gasteiger partial charge in [-0.15, -0.1) is 0 Å². The molecule has 2 aliphatic rings. The zero-order chi connectivity index (χ0) is 18.6. The molecule has 144 valence electrons. The molecule has 0 saturated heterocycles. The van der Waals surface area contributed by atoms with Crippen LogP contribution < -0.4 is 5.56 Å². The number of rotatable bonds is 5. The van der Waals surface area contributed by atoms with Crippen LogP contribution in [0.3, 0.4) is 0 Å². The van der Waals surface area contributed by atoms with Crippen molar-refractivity contribution in [3.05, 3.63) is 40.4 Å². The molecule has 2 saturated carbocycles. The minimum Gasteiger partial charge on any atom is -0.462 e. The van der Waals surface area contributed by atoms with Crippen LogP contribution in [0.4, 0.5) is 0 Å². The number of hydrogen-bond acceptors (Lipinski definition) is 4. The molecule has 1 heterocycles. The molecule has 0 unspecified atom stereocenters. The van der Waals surface area contributed by atoms with E-state index in [4.69, 9.17) is 4.74 Å². The van der Waals surface area contributed by atoms with Gasteiger partial charge in [-0.3, -0.25) is 9.59 Å². The normalized spacial score (nSPS) is 25.1. The lowest BCUT2D eigenvalue weighted by Crippen LogP contribution is -2.33. The van der Waals surface area contributed by atoms with Crippen LogP contribution in [0, 0.1) is 11.8 Å². The van der Waals surface area contributed by atoms with Crippen LogP contribution in [0.5, 0.6) is 0 Å². The predicted molar refractivity (Wildman–Crippen MR) is 104 cm³/mol. The van der Waals surface area contributed by atoms with E-state index in [0.29, 0.717) is 36.0 Å². The van der Waals surface area contributed by atoms with E-state index in [0.717, 1.165) is 24.7 Å². The fourth-order valence-electron chi connectivity index (χ4n) is 4.84. The van der Waals surface area contributed by atoms with E-state index in [9.17, 15) is 9.59 Å². The fraction of sp³-hybridized carbons (Fsp3) is 0.591. The largest absolute Gasteiger partial charge is 0.462 e. The molecule has 1 N–H and O–H groups in total. The van der Waals surface area contributed by atoms with Crippen molar-refractivity contribution in [2.45, 2.75) is 70.3 Å². The molecular formula is C22H28N2O3. The second kappa shape index (κ2) is 8.24. The number of carbonyl (C=O) groups excluding carboxylic acids is 1. The molecule has 0 bridgehead atoms. The summed E-state index contributed by atoms with van der Waals surface area (Å²) in [5, 5.41) is 0.596. The molecule has 0 aliphatic heterocycles. The number of esters is 1. The number of aryl methyl sites for hydroxylation is 1. The van der Waals surface area contributed by atoms with Crippen molar-refractivity contribution in [2.24, 2.45) is 11.8 Å². The van der Waals surface area contributed by atoms with Gasteiger partial charge in [-0.2, -0.15) is 0 Å². The van der Waals surface area contributed by atoms with Gasteiger partial charge >= 0.3 is 5.97 Å². The quantitative estimate of drug-likeness (QED) is 0.805. The van der Waals surface area contributed by atoms with Gasteiger partial charge in [0.25, 0.3) is 5.56 Å². The van der Waals surface area contributed by atoms with Crippen molar-refractivity contribution >= 4 is 16.9 Å². The van der Waals surface area contributed by atoms with Crippen LogP contribution in [-0.2, 0) is 16.0 Å². The third-order valence-corrected chi connectivity index (χ3v) is 6.25. The first-order valence-corrected chi connectivity index (χ1v) is 10.4. The van der Waals surface area contributed by atoms with Crippen LogP contribution in [0.1, 0.15) is 63.6 Å². The van der Waals surface area contributed by atoms with Gasteiger partial charge in [0.2, 0.25) is 0 Å². The van der Waals surface area contributed by atoms with Gasteiger partial charge in [0, 0.05) is 12.8 Å². The summed E-state index contributed by atoms with van der Waals surface area (Å²) in [5.41, 5.74) is 0.575. The number of hydrogen-bond donors (Lipinski definition) is 1. The summed E-state index contributed by atoms with van der Waals surface area (Å²) in [7, 11) is 0. The van der Waals surface area contributed by atoms with E-state index in [1.54, 1.807) is 6.07 Å². The monoisotopic (exact) mass is 368 g/mol. The van der Waals surface area contributed by atoms with E-state index in [1.807, 2.05) is 18.2 Å². The number of nitrogens with zero attached hydrogens (tertiary/aromatic N) is 1. The smallest absolute Gasteiger partial charge is 0.306 e. The molecule has 1 aromatic heterocycles. The number of fused-ring (bicyclic) bond motifs is 2. The number of para-hydroxylation sites is 1. The van der Waals surface area contributed by atoms with Gasteiger partial charge in [-0.25, -0.2) is 4.98 Å². The summed E-state index contributed by atoms with van der Waals surface area (Å²) >= 11 is 0. The molecule has 3 atom stereocenters. The van der Waals surface area contributed by atoms with Crippen molar-refractivity contribution in [2.75, 3.05) is 0 Å². The third kappa shape index (κ3) is 4.40. The predicted octanol–water partition coefficient (Wildman–Crippen LogP) is 4.15. The SMILES string of the molecule is O=C(CCCc1nc2ccccc2c(=O)[nH]1)O[C@@H]1CC[C@@H]2CCCC[C@@H]2C1. The second-order valence-electron chi connectivity index (χ2n) is 8.11. The number of carbonyl (C=O) groups is 1. The van der Waals surface area contributed by atoms with Crippen molar-refractivity contribution < 1.29 is 9.53 Å². The Morgan fingerprint density at radius 2 is 1.93 bits per heavy atom. The minimum absolute atomic E-state index is 0.107. The molecule has 4 rings (SSSR count). The van der Waals surface area contributed by atoms with Crippen molar-refractivity contribution in [3.63, 3.8) is 0 Å². The first kappa shape index (κ1) is 18.2. The Kier molecular flexibility index (Phi) is 5.55. The lowest BCUT2D eigenvalue weighted by molar-refractivity contribution is -0.152. The molecule has 0 spiro atoms. The summed E-state index contributed by atoms with van der Waals surface area (Å²) in [6.45, 7) is 0. The fourth-order valence-corrected chi connectivity index (χ4v) is 4.84. The molecule has 5 nitrogen and oxygen atoms in total. The molecule has 27 heavy (non-hydrogen) atoms. The maximum absolute atomic E-state index is 12.2. The van der Waals surface area contributed by atoms with E-state index >= 15 is 0 Å². The summed E-state index contributed by atoms with van der Waals surface area (Å²) in [4.78, 5) is 31.6. The molecule has 2 fully saturated rings. The van der Waals surface area contributed by atoms with Gasteiger partial charge in [-0.1, -0.05) is 37.8 Å². The molecule has 0 amide bonds. The summed E-state index contributed by atoms with van der Waals surface area (Å²) in [5.74, 6) is 2.15. The van der Waals surface area contributed by atoms with Crippen molar-refractivity contribution in [3.8, 4) is 0 Å². The number of ether oxygens (including phenoxy) is 1. The maximum Gasteiger partial charge on any atom is 0.306 e. The average molecular weight is 368 g/mol. The Balaban J connectivity index is 1.26. The van der Waals surface area contributed by atoms with Gasteiger partial charge < -0.3 is 9.72 Å². The van der Waals surface area contributed by atoms with Gasteiger partial charge in [0.15, 0.2) is 0 Å². The molecule has 2 aliphatic carbocycles. The zero-order valence-electron chi connectivity index (χ0n) is 15.8. The highest BCUT2D eigenvalue weighted by Gasteiger charge is 2.33. The van der Waals surface area contributed by atoms with Crippen LogP contribution in [0.2, 0.25) is 0 Å². The second-order valence-corrected chi connectivity index (χ2v) is 8.11. The van der Waals surface area contributed by atoms with E-state index in [1.165, 1.54) is 32.1 Å². The topological polar surface area (TPSA) is 72.0 Å². The van der Waals surface area contributed by atoms with Crippen LogP contribution in [0.15, 0.2) is 29.1 Å². The Bertz CT molecular complexity index is 860. The van der Waals surface area contributed by atoms with E-state index < -0.39 is 0 Å². The van der Waals surface area contributed by atoms with Crippen molar-refractivity contribution in [1.29, 1.82) is 0 Å². The third-order valence-electron chi connectivity index (χ3n) is 6.25. The van der Waals surface area contributed by atoms with E-state index in [-0.39, 0.29) is 17.6 Å². The average Bonchev–Trinajstić information content (AvgIpc) is 2.68. The molecule has 0 radical (unpaired) electrons. The highest BCUT2D eigenvalue weighted by Crippen LogP contribution is 2.41. The molecule has 5 heteroatoms. The summed E-state index contributed by atoms with van der Waals surface area (Å²) < 4.78 is 5.74. The Hall–Kier alpha value is -2.17. The number of aromatic nitrogens is 2. The maximum atomic E-state index is 12.2. The number of aromatic amines is 1. The Morgan fingerprint density at radius 3 is 2.81 bits per heavy atom. The van der Waals surface area contributed by atoms with Gasteiger partial charge in [0.05, 0.1) is 10.9 Å². The van der Waals surface area contributed by atoms with Gasteiger partial charge in [-0.05, 0) is 49.7 Å². The lowest BCUT2D eigenvalue weighted by atomic mass is 9.70. The van der Waals surface area contributed by atoms with Crippen LogP contribution >= 0.6 is 0 Å². The lowest BCUT2D eigenvalue weighted by Gasteiger charge is -2.38. The van der Waals surface area contributed by atoms with E-state index in [2.05, 4.69) is 9.97 Å². The highest BCUT2D eigenvalue weighted by atomic mass is 16.5. The standard InChI is InChI=1S/C22H28N2O3/c25-21(27-17-13-12-15-6-1-2-7-16(15)14-17)11-5-10-20-23-19-9-4-3-8-18(19)22(26)24-20/h3-4,8-9,15-17H,1-2,5-7,10-14H2,(H,23,24,26)/t15-,16+,17+/m0/s1. The first-order valence-electron chi connectivity index (χ1n) is 10.4. The Labute approximate surface area is 159 Å². The highest BCUT2D eigenvalue weighted by molar-refractivity contribution is 5.77. The Morgan fingerprint density at radius 1 is 1.11 bits per heavy atom. The summed E-state index contributed by atoms with van der Waals surface area (Å²) in [6.07, 6.45) is 10.4. The van der Waals surface area contributed by atoms with Crippen LogP contribution in [-0.4, -0.2) is 22.0 Å². The molecule has 1 aromatic carbocycles. The van der Waals surface area contributed by atoms with Gasteiger partial charge in [0.1, 0.15) is 11.9 Å². The minimum atomic E-state index is -0.123. The summed E-state index contributed by atoms with van der Waals surface area (Å²) in [6, 6.07) is 7.31. The zero-order valence-corrected chi connectivity index (χ0v) is 15.8. The number of nitrogens with one attached hydrogen (secondary N) is 1.